The minimum atomic E-state index is 0.192. The summed E-state index contributed by atoms with van der Waals surface area (Å²) >= 11 is 0. The molecule has 0 aliphatic rings. The zero-order valence-corrected chi connectivity index (χ0v) is 12.1. The molecule has 108 valence electrons. The summed E-state index contributed by atoms with van der Waals surface area (Å²) < 4.78 is 16.3. The molecule has 0 saturated heterocycles. The van der Waals surface area contributed by atoms with Crippen molar-refractivity contribution < 1.29 is 14.2 Å². The van der Waals surface area contributed by atoms with Gasteiger partial charge in [0, 0.05) is 6.61 Å². The molecule has 0 fully saturated rings. The van der Waals surface area contributed by atoms with E-state index in [4.69, 9.17) is 14.2 Å². The maximum Gasteiger partial charge on any atom is 0.119 e. The lowest BCUT2D eigenvalue weighted by Crippen LogP contribution is -2.22. The number of ether oxygens (including phenoxy) is 3. The van der Waals surface area contributed by atoms with E-state index in [-0.39, 0.29) is 6.04 Å². The Bertz CT molecular complexity index is 327. The maximum atomic E-state index is 5.60. The summed E-state index contributed by atoms with van der Waals surface area (Å²) in [6.45, 7) is 7.30. The predicted molar refractivity (Wildman–Crippen MR) is 76.7 cm³/mol. The van der Waals surface area contributed by atoms with Gasteiger partial charge in [0.05, 0.1) is 32.5 Å². The van der Waals surface area contributed by atoms with Gasteiger partial charge in [-0.05, 0) is 38.6 Å². The third-order valence-corrected chi connectivity index (χ3v) is 2.80. The van der Waals surface area contributed by atoms with Crippen LogP contribution in [0, 0.1) is 0 Å². The summed E-state index contributed by atoms with van der Waals surface area (Å²) in [4.78, 5) is 0. The van der Waals surface area contributed by atoms with Gasteiger partial charge in [-0.25, -0.2) is 0 Å². The zero-order chi connectivity index (χ0) is 13.9. The Labute approximate surface area is 116 Å². The first-order valence-corrected chi connectivity index (χ1v) is 6.87. The Morgan fingerprint density at radius 2 is 1.68 bits per heavy atom. The molecular formula is C15H25NO3. The molecule has 1 aromatic rings. The molecule has 19 heavy (non-hydrogen) atoms. The van der Waals surface area contributed by atoms with Crippen LogP contribution in [0.2, 0.25) is 0 Å². The lowest BCUT2D eigenvalue weighted by atomic mass is 10.1. The van der Waals surface area contributed by atoms with Crippen LogP contribution in [0.3, 0.4) is 0 Å². The molecule has 0 spiro atoms. The van der Waals surface area contributed by atoms with E-state index in [0.717, 1.165) is 12.4 Å². The Hall–Kier alpha value is -1.10. The van der Waals surface area contributed by atoms with Gasteiger partial charge >= 0.3 is 0 Å². The van der Waals surface area contributed by atoms with Gasteiger partial charge in [0.15, 0.2) is 0 Å². The topological polar surface area (TPSA) is 39.7 Å². The Morgan fingerprint density at radius 1 is 1.00 bits per heavy atom. The van der Waals surface area contributed by atoms with Crippen molar-refractivity contribution in [3.05, 3.63) is 29.8 Å². The van der Waals surface area contributed by atoms with E-state index in [1.165, 1.54) is 5.56 Å². The highest BCUT2D eigenvalue weighted by Gasteiger charge is 2.09. The van der Waals surface area contributed by atoms with E-state index < -0.39 is 0 Å². The van der Waals surface area contributed by atoms with E-state index in [2.05, 4.69) is 17.4 Å². The van der Waals surface area contributed by atoms with Gasteiger partial charge in [0.1, 0.15) is 5.75 Å². The first kappa shape index (κ1) is 16.0. The van der Waals surface area contributed by atoms with Crippen molar-refractivity contribution in [2.45, 2.75) is 19.9 Å². The van der Waals surface area contributed by atoms with Gasteiger partial charge in [-0.3, -0.25) is 0 Å². The first-order chi connectivity index (χ1) is 9.31. The van der Waals surface area contributed by atoms with Gasteiger partial charge in [-0.1, -0.05) is 12.1 Å². The monoisotopic (exact) mass is 267 g/mol. The van der Waals surface area contributed by atoms with Crippen LogP contribution in [0.15, 0.2) is 24.3 Å². The lowest BCUT2D eigenvalue weighted by molar-refractivity contribution is 0.0441. The molecule has 1 aromatic carbocycles. The second kappa shape index (κ2) is 9.78. The van der Waals surface area contributed by atoms with Crippen LogP contribution < -0.4 is 10.1 Å². The molecule has 1 unspecified atom stereocenters. The lowest BCUT2D eigenvalue weighted by Gasteiger charge is -2.17. The SMILES string of the molecule is CCOCCOCC(NC)c1ccc(OCC)cc1. The van der Waals surface area contributed by atoms with Gasteiger partial charge in [-0.2, -0.15) is 0 Å². The summed E-state index contributed by atoms with van der Waals surface area (Å²) in [7, 11) is 1.94. The smallest absolute Gasteiger partial charge is 0.119 e. The normalized spacial score (nSPS) is 12.4. The van der Waals surface area contributed by atoms with Crippen LogP contribution in [-0.2, 0) is 9.47 Å². The minimum Gasteiger partial charge on any atom is -0.494 e. The van der Waals surface area contributed by atoms with Crippen LogP contribution >= 0.6 is 0 Å². The molecule has 0 heterocycles. The average Bonchev–Trinajstić information content (AvgIpc) is 2.44. The summed E-state index contributed by atoms with van der Waals surface area (Å²) in [5.74, 6) is 0.901. The number of hydrogen-bond acceptors (Lipinski definition) is 4. The molecule has 0 saturated carbocycles. The van der Waals surface area contributed by atoms with E-state index in [1.54, 1.807) is 0 Å². The summed E-state index contributed by atoms with van der Waals surface area (Å²) in [6, 6.07) is 8.31. The maximum absolute atomic E-state index is 5.60. The fourth-order valence-corrected chi connectivity index (χ4v) is 1.77. The molecule has 0 bridgehead atoms. The van der Waals surface area contributed by atoms with E-state index in [1.807, 2.05) is 33.0 Å². The highest BCUT2D eigenvalue weighted by Crippen LogP contribution is 2.18. The Balaban J connectivity index is 2.40. The third-order valence-electron chi connectivity index (χ3n) is 2.80. The van der Waals surface area contributed by atoms with E-state index in [9.17, 15) is 0 Å². The number of hydrogen-bond donors (Lipinski definition) is 1. The summed E-state index contributed by atoms with van der Waals surface area (Å²) in [6.07, 6.45) is 0. The Morgan fingerprint density at radius 3 is 2.26 bits per heavy atom. The van der Waals surface area contributed by atoms with Gasteiger partial charge in [-0.15, -0.1) is 0 Å². The summed E-state index contributed by atoms with van der Waals surface area (Å²) in [5, 5.41) is 3.25. The van der Waals surface area contributed by atoms with Gasteiger partial charge in [0.2, 0.25) is 0 Å². The molecule has 4 heteroatoms. The fourth-order valence-electron chi connectivity index (χ4n) is 1.77. The molecule has 1 atom stereocenters. The van der Waals surface area contributed by atoms with Crippen molar-refractivity contribution in [2.75, 3.05) is 40.1 Å². The molecule has 0 aromatic heterocycles. The van der Waals surface area contributed by atoms with Crippen LogP contribution in [0.25, 0.3) is 0 Å². The largest absolute Gasteiger partial charge is 0.494 e. The van der Waals surface area contributed by atoms with E-state index >= 15 is 0 Å². The van der Waals surface area contributed by atoms with Gasteiger partial charge < -0.3 is 19.5 Å². The fraction of sp³-hybridized carbons (Fsp3) is 0.600. The van der Waals surface area contributed by atoms with Crippen LogP contribution in [-0.4, -0.2) is 40.1 Å². The number of likely N-dealkylation sites (N-methyl/N-ethyl adjacent to an activating group) is 1. The number of benzene rings is 1. The zero-order valence-electron chi connectivity index (χ0n) is 12.1. The number of nitrogens with one attached hydrogen (secondary N) is 1. The van der Waals surface area contributed by atoms with Crippen LogP contribution in [0.5, 0.6) is 5.75 Å². The number of rotatable bonds is 10. The second-order valence-electron chi connectivity index (χ2n) is 4.12. The molecule has 0 aliphatic carbocycles. The molecule has 0 aliphatic heterocycles. The average molecular weight is 267 g/mol. The standard InChI is InChI=1S/C15H25NO3/c1-4-17-10-11-18-12-15(16-3)13-6-8-14(9-7-13)19-5-2/h6-9,15-16H,4-5,10-12H2,1-3H3. The van der Waals surface area contributed by atoms with Crippen molar-refractivity contribution in [1.29, 1.82) is 0 Å². The third kappa shape index (κ3) is 6.05. The quantitative estimate of drug-likeness (QED) is 0.661. The predicted octanol–water partition coefficient (Wildman–Crippen LogP) is 2.40. The van der Waals surface area contributed by atoms with Crippen molar-refractivity contribution in [2.24, 2.45) is 0 Å². The van der Waals surface area contributed by atoms with Crippen LogP contribution in [0.1, 0.15) is 25.5 Å². The molecule has 1 rings (SSSR count). The highest BCUT2D eigenvalue weighted by molar-refractivity contribution is 5.29. The first-order valence-electron chi connectivity index (χ1n) is 6.87. The van der Waals surface area contributed by atoms with Gasteiger partial charge in [0.25, 0.3) is 0 Å². The van der Waals surface area contributed by atoms with Crippen LogP contribution in [0.4, 0.5) is 0 Å². The minimum absolute atomic E-state index is 0.192. The molecule has 0 radical (unpaired) electrons. The Kier molecular flexibility index (Phi) is 8.21. The molecule has 4 nitrogen and oxygen atoms in total. The van der Waals surface area contributed by atoms with Crippen molar-refractivity contribution >= 4 is 0 Å². The molecule has 1 N–H and O–H groups in total. The second-order valence-corrected chi connectivity index (χ2v) is 4.12. The van der Waals surface area contributed by atoms with Crippen molar-refractivity contribution in [3.8, 4) is 5.75 Å². The molecule has 0 amide bonds. The highest BCUT2D eigenvalue weighted by atomic mass is 16.5. The van der Waals surface area contributed by atoms with E-state index in [0.29, 0.717) is 26.4 Å². The summed E-state index contributed by atoms with van der Waals surface area (Å²) in [5.41, 5.74) is 1.20. The van der Waals surface area contributed by atoms with Crippen molar-refractivity contribution in [3.63, 3.8) is 0 Å². The molecular weight excluding hydrogens is 242 g/mol. The van der Waals surface area contributed by atoms with Crippen molar-refractivity contribution in [1.82, 2.24) is 5.32 Å².